The highest BCUT2D eigenvalue weighted by Gasteiger charge is 2.33. The van der Waals surface area contributed by atoms with E-state index in [-0.39, 0.29) is 11.9 Å². The van der Waals surface area contributed by atoms with E-state index in [2.05, 4.69) is 4.90 Å². The van der Waals surface area contributed by atoms with Crippen molar-refractivity contribution < 1.29 is 14.3 Å². The van der Waals surface area contributed by atoms with Gasteiger partial charge in [0.25, 0.3) is 0 Å². The predicted octanol–water partition coefficient (Wildman–Crippen LogP) is 3.74. The molecule has 0 unspecified atom stereocenters. The number of nitrogens with zero attached hydrogens (tertiary/aromatic N) is 3. The van der Waals surface area contributed by atoms with Gasteiger partial charge in [0.2, 0.25) is 5.91 Å². The molecule has 2 heterocycles. The maximum Gasteiger partial charge on any atom is 0.340 e. The molecule has 1 aliphatic rings. The van der Waals surface area contributed by atoms with Crippen molar-refractivity contribution in [2.24, 2.45) is 0 Å². The lowest BCUT2D eigenvalue weighted by Gasteiger charge is -2.27. The van der Waals surface area contributed by atoms with E-state index < -0.39 is 5.97 Å². The largest absolute Gasteiger partial charge is 0.465 e. The Hall–Kier alpha value is -3.25. The molecule has 1 aliphatic heterocycles. The predicted molar refractivity (Wildman–Crippen MR) is 121 cm³/mol. The molecule has 4 rings (SSSR count). The summed E-state index contributed by atoms with van der Waals surface area (Å²) in [5, 5.41) is 0.903. The lowest BCUT2D eigenvalue weighted by atomic mass is 9.93. The number of aromatic nitrogens is 1. The number of methoxy groups -OCH3 is 1. The molecule has 0 saturated carbocycles. The van der Waals surface area contributed by atoms with Gasteiger partial charge in [0.15, 0.2) is 0 Å². The third kappa shape index (κ3) is 4.03. The molecule has 0 aliphatic carbocycles. The van der Waals surface area contributed by atoms with Gasteiger partial charge < -0.3 is 9.64 Å². The summed E-state index contributed by atoms with van der Waals surface area (Å²) < 4.78 is 5.19. The molecule has 0 N–H and O–H groups in total. The van der Waals surface area contributed by atoms with Crippen LogP contribution in [0.1, 0.15) is 28.9 Å². The maximum absolute atomic E-state index is 13.0. The number of carbonyl (C=O) groups excluding carboxylic acids is 2. The quantitative estimate of drug-likeness (QED) is 0.592. The minimum Gasteiger partial charge on any atom is -0.465 e. The van der Waals surface area contributed by atoms with Crippen LogP contribution in [0.15, 0.2) is 54.6 Å². The summed E-state index contributed by atoms with van der Waals surface area (Å²) >= 11 is 0. The molecule has 6 nitrogen and oxygen atoms in total. The minimum atomic E-state index is -0.415. The van der Waals surface area contributed by atoms with Crippen LogP contribution in [0, 0.1) is 0 Å². The number of amides is 1. The average molecular weight is 418 g/mol. The average Bonchev–Trinajstić information content (AvgIpc) is 3.25. The molecule has 1 fully saturated rings. The summed E-state index contributed by atoms with van der Waals surface area (Å²) in [5.41, 5.74) is 3.68. The number of esters is 1. The smallest absolute Gasteiger partial charge is 0.340 e. The third-order valence-corrected chi connectivity index (χ3v) is 5.86. The molecule has 0 spiro atoms. The molecule has 1 amide bonds. The summed E-state index contributed by atoms with van der Waals surface area (Å²) in [5.74, 6) is -0.331. The van der Waals surface area contributed by atoms with Crippen molar-refractivity contribution in [3.05, 3.63) is 65.9 Å². The Morgan fingerprint density at radius 3 is 2.52 bits per heavy atom. The van der Waals surface area contributed by atoms with Crippen LogP contribution < -0.4 is 0 Å². The molecule has 1 atom stereocenters. The van der Waals surface area contributed by atoms with Crippen LogP contribution in [0.2, 0.25) is 0 Å². The fourth-order valence-electron chi connectivity index (χ4n) is 4.39. The zero-order valence-electron chi connectivity index (χ0n) is 18.2. The van der Waals surface area contributed by atoms with Gasteiger partial charge in [-0.3, -0.25) is 14.7 Å². The molecular weight excluding hydrogens is 390 g/mol. The van der Waals surface area contributed by atoms with E-state index in [1.54, 1.807) is 19.0 Å². The van der Waals surface area contributed by atoms with Gasteiger partial charge in [0.1, 0.15) is 0 Å². The Morgan fingerprint density at radius 2 is 1.81 bits per heavy atom. The first-order valence-electron chi connectivity index (χ1n) is 10.5. The second-order valence-corrected chi connectivity index (χ2v) is 8.04. The van der Waals surface area contributed by atoms with E-state index in [4.69, 9.17) is 9.72 Å². The highest BCUT2D eigenvalue weighted by atomic mass is 16.5. The molecular formula is C25H27N3O3. The summed E-state index contributed by atoms with van der Waals surface area (Å²) in [6.45, 7) is 1.21. The highest BCUT2D eigenvalue weighted by Crippen LogP contribution is 2.35. The zero-order chi connectivity index (χ0) is 22.0. The Kier molecular flexibility index (Phi) is 6.00. The number of likely N-dealkylation sites (tertiary alicyclic amines) is 1. The van der Waals surface area contributed by atoms with E-state index in [0.29, 0.717) is 17.8 Å². The third-order valence-electron chi connectivity index (χ3n) is 5.86. The number of hydrogen-bond acceptors (Lipinski definition) is 5. The van der Waals surface area contributed by atoms with Crippen molar-refractivity contribution >= 4 is 22.8 Å². The van der Waals surface area contributed by atoms with Crippen LogP contribution in [0.4, 0.5) is 0 Å². The molecule has 31 heavy (non-hydrogen) atoms. The normalized spacial score (nSPS) is 16.4. The number of benzene rings is 2. The number of carbonyl (C=O) groups is 2. The van der Waals surface area contributed by atoms with Crippen LogP contribution in [-0.2, 0) is 16.1 Å². The second kappa shape index (κ2) is 8.86. The summed E-state index contributed by atoms with van der Waals surface area (Å²) in [7, 11) is 4.95. The van der Waals surface area contributed by atoms with Crippen molar-refractivity contribution in [3.8, 4) is 11.1 Å². The van der Waals surface area contributed by atoms with Gasteiger partial charge in [-0.25, -0.2) is 4.79 Å². The topological polar surface area (TPSA) is 62.7 Å². The summed E-state index contributed by atoms with van der Waals surface area (Å²) in [6, 6.07) is 17.5. The molecule has 0 bridgehead atoms. The molecule has 2 aromatic carbocycles. The van der Waals surface area contributed by atoms with Gasteiger partial charge in [-0.2, -0.15) is 0 Å². The maximum atomic E-state index is 13.0. The van der Waals surface area contributed by atoms with Crippen LogP contribution in [0.3, 0.4) is 0 Å². The van der Waals surface area contributed by atoms with Crippen LogP contribution in [-0.4, -0.2) is 60.5 Å². The zero-order valence-corrected chi connectivity index (χ0v) is 18.2. The molecule has 1 aromatic heterocycles. The number of pyridine rings is 1. The number of fused-ring (bicyclic) bond motifs is 1. The highest BCUT2D eigenvalue weighted by molar-refractivity contribution is 6.07. The Balaban J connectivity index is 1.89. The van der Waals surface area contributed by atoms with E-state index in [0.717, 1.165) is 41.4 Å². The Bertz CT molecular complexity index is 1110. The van der Waals surface area contributed by atoms with E-state index in [9.17, 15) is 9.59 Å². The van der Waals surface area contributed by atoms with Crippen LogP contribution >= 0.6 is 0 Å². The van der Waals surface area contributed by atoms with Gasteiger partial charge in [-0.15, -0.1) is 0 Å². The molecule has 3 aromatic rings. The summed E-state index contributed by atoms with van der Waals surface area (Å²) in [4.78, 5) is 34.3. The van der Waals surface area contributed by atoms with Gasteiger partial charge >= 0.3 is 5.97 Å². The van der Waals surface area contributed by atoms with Gasteiger partial charge in [-0.05, 0) is 31.0 Å². The minimum absolute atomic E-state index is 0.0844. The SMILES string of the molecule is COC(=O)c1c(CN2CCC[C@H]2C(=O)N(C)C)nc2ccccc2c1-c1ccccc1. The first kappa shape index (κ1) is 21.0. The van der Waals surface area contributed by atoms with Crippen molar-refractivity contribution in [2.75, 3.05) is 27.7 Å². The first-order chi connectivity index (χ1) is 15.0. The van der Waals surface area contributed by atoms with Crippen molar-refractivity contribution in [3.63, 3.8) is 0 Å². The molecule has 160 valence electrons. The van der Waals surface area contributed by atoms with Crippen LogP contribution in [0.25, 0.3) is 22.0 Å². The Morgan fingerprint density at radius 1 is 1.10 bits per heavy atom. The molecule has 0 radical (unpaired) electrons. The standard InChI is InChI=1S/C25H27N3O3/c1-27(2)24(29)21-14-9-15-28(21)16-20-23(25(30)31-3)22(17-10-5-4-6-11-17)18-12-7-8-13-19(18)26-20/h4-8,10-13,21H,9,14-16H2,1-3H3/t21-/m0/s1. The summed E-state index contributed by atoms with van der Waals surface area (Å²) in [6.07, 6.45) is 1.75. The van der Waals surface area contributed by atoms with Crippen molar-refractivity contribution in [2.45, 2.75) is 25.4 Å². The number of para-hydroxylation sites is 1. The number of likely N-dealkylation sites (N-methyl/N-ethyl adjacent to an activating group) is 1. The molecule has 1 saturated heterocycles. The van der Waals surface area contributed by atoms with Gasteiger partial charge in [-0.1, -0.05) is 48.5 Å². The lowest BCUT2D eigenvalue weighted by Crippen LogP contribution is -2.42. The van der Waals surface area contributed by atoms with Crippen LogP contribution in [0.5, 0.6) is 0 Å². The lowest BCUT2D eigenvalue weighted by molar-refractivity contribution is -0.133. The van der Waals surface area contributed by atoms with E-state index in [1.807, 2.05) is 54.6 Å². The fraction of sp³-hybridized carbons (Fsp3) is 0.320. The van der Waals surface area contributed by atoms with Crippen molar-refractivity contribution in [1.29, 1.82) is 0 Å². The van der Waals surface area contributed by atoms with E-state index >= 15 is 0 Å². The molecule has 6 heteroatoms. The fourth-order valence-corrected chi connectivity index (χ4v) is 4.39. The number of rotatable bonds is 5. The van der Waals surface area contributed by atoms with E-state index in [1.165, 1.54) is 7.11 Å². The second-order valence-electron chi connectivity index (χ2n) is 8.04. The van der Waals surface area contributed by atoms with Gasteiger partial charge in [0.05, 0.1) is 29.9 Å². The first-order valence-corrected chi connectivity index (χ1v) is 10.5. The number of ether oxygens (including phenoxy) is 1. The Labute approximate surface area is 182 Å². The number of hydrogen-bond donors (Lipinski definition) is 0. The van der Waals surface area contributed by atoms with Crippen molar-refractivity contribution in [1.82, 2.24) is 14.8 Å². The van der Waals surface area contributed by atoms with Gasteiger partial charge in [0, 0.05) is 31.6 Å². The monoisotopic (exact) mass is 417 g/mol.